The molecule has 0 aromatic heterocycles. The van der Waals surface area contributed by atoms with Crippen molar-refractivity contribution in [2.45, 2.75) is 20.0 Å². The molecule has 0 unspecified atom stereocenters. The van der Waals surface area contributed by atoms with Gasteiger partial charge in [0.15, 0.2) is 5.70 Å². The van der Waals surface area contributed by atoms with Crippen LogP contribution in [0.5, 0.6) is 0 Å². The fourth-order valence-corrected chi connectivity index (χ4v) is 1.35. The number of aliphatic hydroxyl groups is 1. The van der Waals surface area contributed by atoms with E-state index < -0.39 is 29.4 Å². The van der Waals surface area contributed by atoms with Crippen LogP contribution >= 0.6 is 0 Å². The van der Waals surface area contributed by atoms with Crippen molar-refractivity contribution in [3.63, 3.8) is 0 Å². The molecule has 0 aliphatic carbocycles. The van der Waals surface area contributed by atoms with E-state index in [1.807, 2.05) is 0 Å². The molecule has 1 aromatic carbocycles. The van der Waals surface area contributed by atoms with Crippen LogP contribution in [0, 0.1) is 6.92 Å². The second-order valence-electron chi connectivity index (χ2n) is 4.28. The number of carbonyl (C=O) groups is 2. The van der Waals surface area contributed by atoms with E-state index in [1.54, 1.807) is 19.1 Å². The van der Waals surface area contributed by atoms with Gasteiger partial charge in [0.2, 0.25) is 5.76 Å². The number of allylic oxidation sites excluding steroid dienone is 1. The Hall–Kier alpha value is -2.71. The third-order valence-corrected chi connectivity index (χ3v) is 2.47. The Morgan fingerprint density at radius 3 is 2.26 bits per heavy atom. The van der Waals surface area contributed by atoms with E-state index in [1.165, 1.54) is 19.1 Å². The van der Waals surface area contributed by atoms with E-state index in [4.69, 9.17) is 0 Å². The lowest BCUT2D eigenvalue weighted by molar-refractivity contribution is -0.167. The summed E-state index contributed by atoms with van der Waals surface area (Å²) in [5.41, 5.74) is -0.517. The highest BCUT2D eigenvalue weighted by Crippen LogP contribution is 2.25. The number of ether oxygens (including phenoxy) is 1. The number of hydrogen-bond acceptors (Lipinski definition) is 6. The van der Waals surface area contributed by atoms with Crippen molar-refractivity contribution < 1.29 is 32.6 Å². The molecular formula is C14H13F3N2O4. The Balaban J connectivity index is 3.24. The molecule has 1 rings (SSSR count). The van der Waals surface area contributed by atoms with Crippen molar-refractivity contribution in [3.05, 3.63) is 41.3 Å². The summed E-state index contributed by atoms with van der Waals surface area (Å²) in [7, 11) is 0. The number of Topliss-reactive ketones (excluding diaryl/α,β-unsaturated/α-hetero) is 1. The molecule has 9 heteroatoms. The third-order valence-electron chi connectivity index (χ3n) is 2.47. The van der Waals surface area contributed by atoms with E-state index in [0.29, 0.717) is 0 Å². The molecule has 0 spiro atoms. The number of nitrogens with zero attached hydrogens (tertiary/aromatic N) is 2. The number of halogens is 3. The molecule has 0 saturated carbocycles. The van der Waals surface area contributed by atoms with Crippen LogP contribution in [0.3, 0.4) is 0 Å². The smallest absolute Gasteiger partial charge is 0.456 e. The van der Waals surface area contributed by atoms with Crippen molar-refractivity contribution >= 4 is 17.4 Å². The fourth-order valence-electron chi connectivity index (χ4n) is 1.35. The summed E-state index contributed by atoms with van der Waals surface area (Å²) in [6.45, 7) is 2.96. The Bertz CT molecular complexity index is 649. The molecule has 6 nitrogen and oxygen atoms in total. The van der Waals surface area contributed by atoms with Crippen LogP contribution in [0.2, 0.25) is 0 Å². The quantitative estimate of drug-likeness (QED) is 0.387. The average molecular weight is 330 g/mol. The summed E-state index contributed by atoms with van der Waals surface area (Å²) in [5, 5.41) is 16.0. The molecule has 1 aromatic rings. The van der Waals surface area contributed by atoms with E-state index in [-0.39, 0.29) is 12.3 Å². The van der Waals surface area contributed by atoms with Crippen LogP contribution in [0.25, 0.3) is 0 Å². The van der Waals surface area contributed by atoms with Crippen molar-refractivity contribution in [2.75, 3.05) is 6.61 Å². The van der Waals surface area contributed by atoms with E-state index in [9.17, 15) is 27.9 Å². The standard InChI is InChI=1S/C14H13F3N2O4/c1-3-23-13(22)11(20)10(12(21)14(15,16)17)19-18-9-6-4-8(2)5-7-9/h4-7,20H,3H2,1-2H3/b11-10-,19-18?. The van der Waals surface area contributed by atoms with Crippen LogP contribution in [0.4, 0.5) is 18.9 Å². The van der Waals surface area contributed by atoms with Crippen LogP contribution < -0.4 is 0 Å². The molecule has 124 valence electrons. The van der Waals surface area contributed by atoms with Gasteiger partial charge in [-0.05, 0) is 26.0 Å². The fraction of sp³-hybridized carbons (Fsp3) is 0.286. The first-order valence-corrected chi connectivity index (χ1v) is 6.37. The van der Waals surface area contributed by atoms with Gasteiger partial charge in [0.25, 0.3) is 5.78 Å². The van der Waals surface area contributed by atoms with E-state index in [0.717, 1.165) is 5.56 Å². The predicted molar refractivity (Wildman–Crippen MR) is 73.0 cm³/mol. The number of alkyl halides is 3. The summed E-state index contributed by atoms with van der Waals surface area (Å²) in [6.07, 6.45) is -5.33. The van der Waals surface area contributed by atoms with E-state index in [2.05, 4.69) is 15.0 Å². The highest BCUT2D eigenvalue weighted by Gasteiger charge is 2.43. The Kier molecular flexibility index (Phi) is 6.00. The number of azo groups is 1. The number of rotatable bonds is 5. The third kappa shape index (κ3) is 5.20. The molecule has 0 heterocycles. The van der Waals surface area contributed by atoms with Gasteiger partial charge in [-0.1, -0.05) is 17.7 Å². The van der Waals surface area contributed by atoms with Crippen molar-refractivity contribution in [3.8, 4) is 0 Å². The molecule has 0 saturated heterocycles. The molecule has 0 atom stereocenters. The number of aliphatic hydroxyl groups excluding tert-OH is 1. The Labute approximate surface area is 129 Å². The van der Waals surface area contributed by atoms with Crippen LogP contribution in [0.15, 0.2) is 46.0 Å². The highest BCUT2D eigenvalue weighted by atomic mass is 19.4. The highest BCUT2D eigenvalue weighted by molar-refractivity contribution is 6.04. The van der Waals surface area contributed by atoms with Gasteiger partial charge in [0.05, 0.1) is 12.3 Å². The van der Waals surface area contributed by atoms with Crippen molar-refractivity contribution in [1.82, 2.24) is 0 Å². The lowest BCUT2D eigenvalue weighted by Crippen LogP contribution is -2.26. The maximum Gasteiger partial charge on any atom is 0.456 e. The van der Waals surface area contributed by atoms with Gasteiger partial charge in [-0.25, -0.2) is 4.79 Å². The first-order valence-electron chi connectivity index (χ1n) is 6.37. The van der Waals surface area contributed by atoms with Gasteiger partial charge in [0.1, 0.15) is 0 Å². The summed E-state index contributed by atoms with van der Waals surface area (Å²) >= 11 is 0. The normalized spacial score (nSPS) is 12.9. The van der Waals surface area contributed by atoms with Gasteiger partial charge in [-0.15, -0.1) is 5.11 Å². The zero-order chi connectivity index (χ0) is 17.6. The van der Waals surface area contributed by atoms with Gasteiger partial charge in [0, 0.05) is 0 Å². The second kappa shape index (κ2) is 7.52. The van der Waals surface area contributed by atoms with Crippen molar-refractivity contribution in [1.29, 1.82) is 0 Å². The van der Waals surface area contributed by atoms with Gasteiger partial charge in [-0.3, -0.25) is 4.79 Å². The SMILES string of the molecule is CCOC(=O)/C(O)=C(/N=Nc1ccc(C)cc1)C(=O)C(F)(F)F. The van der Waals surface area contributed by atoms with Crippen LogP contribution in [-0.2, 0) is 14.3 Å². The molecule has 0 fully saturated rings. The van der Waals surface area contributed by atoms with Gasteiger partial charge < -0.3 is 9.84 Å². The summed E-state index contributed by atoms with van der Waals surface area (Å²) in [6, 6.07) is 6.12. The monoisotopic (exact) mass is 330 g/mol. The largest absolute Gasteiger partial charge is 0.500 e. The second-order valence-corrected chi connectivity index (χ2v) is 4.28. The molecule has 0 radical (unpaired) electrons. The minimum absolute atomic E-state index is 0.139. The number of ketones is 1. The molecular weight excluding hydrogens is 317 g/mol. The molecule has 23 heavy (non-hydrogen) atoms. The van der Waals surface area contributed by atoms with E-state index >= 15 is 0 Å². The molecule has 1 N–H and O–H groups in total. The van der Waals surface area contributed by atoms with Crippen molar-refractivity contribution in [2.24, 2.45) is 10.2 Å². The summed E-state index contributed by atoms with van der Waals surface area (Å²) < 4.78 is 42.0. The Morgan fingerprint density at radius 2 is 1.78 bits per heavy atom. The summed E-state index contributed by atoms with van der Waals surface area (Å²) in [4.78, 5) is 22.6. The molecule has 0 bridgehead atoms. The molecule has 0 amide bonds. The molecule has 0 aliphatic heterocycles. The van der Waals surface area contributed by atoms with Crippen LogP contribution in [-0.4, -0.2) is 29.6 Å². The maximum absolute atomic E-state index is 12.5. The lowest BCUT2D eigenvalue weighted by atomic mass is 10.2. The Morgan fingerprint density at radius 1 is 1.22 bits per heavy atom. The van der Waals surface area contributed by atoms with Gasteiger partial charge in [-0.2, -0.15) is 18.3 Å². The number of hydrogen-bond donors (Lipinski definition) is 1. The summed E-state index contributed by atoms with van der Waals surface area (Å²) in [5.74, 6) is -5.55. The maximum atomic E-state index is 12.5. The number of benzene rings is 1. The van der Waals surface area contributed by atoms with Crippen LogP contribution in [0.1, 0.15) is 12.5 Å². The first-order chi connectivity index (χ1) is 10.7. The zero-order valence-corrected chi connectivity index (χ0v) is 12.2. The number of esters is 1. The average Bonchev–Trinajstić information content (AvgIpc) is 2.48. The predicted octanol–water partition coefficient (Wildman–Crippen LogP) is 3.54. The number of aryl methyl sites for hydroxylation is 1. The number of carbonyl (C=O) groups excluding carboxylic acids is 2. The minimum Gasteiger partial charge on any atom is -0.500 e. The minimum atomic E-state index is -5.33. The lowest BCUT2D eigenvalue weighted by Gasteiger charge is -2.07. The van der Waals surface area contributed by atoms with Gasteiger partial charge >= 0.3 is 12.1 Å². The molecule has 0 aliphatic rings. The first kappa shape index (κ1) is 18.3. The zero-order valence-electron chi connectivity index (χ0n) is 12.2. The topological polar surface area (TPSA) is 88.3 Å².